The monoisotopic (exact) mass is 442 g/mol. The molecule has 1 fully saturated rings. The largest absolute Gasteiger partial charge is 0.345 e. The molecule has 0 spiro atoms. The lowest BCUT2D eigenvalue weighted by molar-refractivity contribution is -0.184. The highest BCUT2D eigenvalue weighted by atomic mass is 32.2. The van der Waals surface area contributed by atoms with Crippen molar-refractivity contribution >= 4 is 10.1 Å². The predicted molar refractivity (Wildman–Crippen MR) is 115 cm³/mol. The summed E-state index contributed by atoms with van der Waals surface area (Å²) in [6.45, 7) is 2.51. The number of benzene rings is 2. The van der Waals surface area contributed by atoms with E-state index in [9.17, 15) is 8.42 Å². The van der Waals surface area contributed by atoms with E-state index in [-0.39, 0.29) is 18.1 Å². The van der Waals surface area contributed by atoms with E-state index in [1.165, 1.54) is 5.56 Å². The van der Waals surface area contributed by atoms with Crippen LogP contribution in [0.2, 0.25) is 0 Å². The van der Waals surface area contributed by atoms with Gasteiger partial charge < -0.3 is 14.0 Å². The van der Waals surface area contributed by atoms with Crippen molar-refractivity contribution in [2.75, 3.05) is 13.2 Å². The van der Waals surface area contributed by atoms with Crippen molar-refractivity contribution in [3.05, 3.63) is 84.4 Å². The van der Waals surface area contributed by atoms with Gasteiger partial charge in [-0.05, 0) is 31.0 Å². The van der Waals surface area contributed by atoms with E-state index < -0.39 is 22.0 Å². The predicted octanol–water partition coefficient (Wildman–Crippen LogP) is 3.34. The second-order valence-electron chi connectivity index (χ2n) is 7.73. The average Bonchev–Trinajstić information content (AvgIpc) is 3.43. The number of aryl methyl sites for hydroxylation is 2. The van der Waals surface area contributed by atoms with E-state index in [0.717, 1.165) is 12.0 Å². The third-order valence-corrected chi connectivity index (χ3v) is 6.55. The topological polar surface area (TPSA) is 79.7 Å². The van der Waals surface area contributed by atoms with Gasteiger partial charge in [-0.1, -0.05) is 48.0 Å². The number of nitrogens with zero attached hydrogens (tertiary/aromatic N) is 2. The SMILES string of the molecule is Cc1ccc(S(=O)(=O)OC[C@@H]2CO[C@](CCc3ccccc3)(Cn3ccnc3)O2)cc1. The fourth-order valence-electron chi connectivity index (χ4n) is 3.57. The van der Waals surface area contributed by atoms with Crippen molar-refractivity contribution in [2.24, 2.45) is 0 Å². The average molecular weight is 443 g/mol. The molecular weight excluding hydrogens is 416 g/mol. The van der Waals surface area contributed by atoms with Crippen LogP contribution >= 0.6 is 0 Å². The molecule has 2 atom stereocenters. The summed E-state index contributed by atoms with van der Waals surface area (Å²) in [7, 11) is -3.86. The van der Waals surface area contributed by atoms with E-state index >= 15 is 0 Å². The molecule has 0 saturated carbocycles. The minimum Gasteiger partial charge on any atom is -0.345 e. The molecule has 2 aromatic carbocycles. The van der Waals surface area contributed by atoms with E-state index in [0.29, 0.717) is 13.0 Å². The molecule has 1 aliphatic heterocycles. The van der Waals surface area contributed by atoms with Crippen LogP contribution in [0.15, 0.2) is 78.2 Å². The first kappa shape index (κ1) is 21.7. The van der Waals surface area contributed by atoms with Crippen molar-refractivity contribution < 1.29 is 22.1 Å². The Morgan fingerprint density at radius 2 is 1.94 bits per heavy atom. The first-order valence-electron chi connectivity index (χ1n) is 10.2. The Labute approximate surface area is 182 Å². The smallest absolute Gasteiger partial charge is 0.297 e. The summed E-state index contributed by atoms with van der Waals surface area (Å²) in [5.41, 5.74) is 2.16. The molecule has 7 nitrogen and oxygen atoms in total. The molecule has 0 aliphatic carbocycles. The van der Waals surface area contributed by atoms with Gasteiger partial charge in [-0.3, -0.25) is 4.18 Å². The number of rotatable bonds is 9. The number of hydrogen-bond acceptors (Lipinski definition) is 6. The van der Waals surface area contributed by atoms with Crippen LogP contribution in [-0.2, 0) is 36.7 Å². The summed E-state index contributed by atoms with van der Waals surface area (Å²) in [4.78, 5) is 4.22. The molecular formula is C23H26N2O5S. The Hall–Kier alpha value is -2.52. The van der Waals surface area contributed by atoms with Crippen LogP contribution in [0, 0.1) is 6.92 Å². The molecule has 1 saturated heterocycles. The summed E-state index contributed by atoms with van der Waals surface area (Å²) in [6, 6.07) is 16.7. The normalized spacial score (nSPS) is 21.4. The zero-order valence-electron chi connectivity index (χ0n) is 17.4. The van der Waals surface area contributed by atoms with Crippen LogP contribution in [0.25, 0.3) is 0 Å². The first-order chi connectivity index (χ1) is 14.9. The van der Waals surface area contributed by atoms with Crippen molar-refractivity contribution in [2.45, 2.75) is 43.1 Å². The van der Waals surface area contributed by atoms with E-state index in [1.807, 2.05) is 35.9 Å². The lowest BCUT2D eigenvalue weighted by Gasteiger charge is -2.28. The summed E-state index contributed by atoms with van der Waals surface area (Å²) >= 11 is 0. The maximum atomic E-state index is 12.5. The molecule has 3 aromatic rings. The molecule has 0 unspecified atom stereocenters. The third kappa shape index (κ3) is 5.59. The quantitative estimate of drug-likeness (QED) is 0.473. The van der Waals surface area contributed by atoms with E-state index in [4.69, 9.17) is 13.7 Å². The number of hydrogen-bond donors (Lipinski definition) is 0. The summed E-state index contributed by atoms with van der Waals surface area (Å²) in [6.07, 6.45) is 6.17. The van der Waals surface area contributed by atoms with E-state index in [1.54, 1.807) is 36.8 Å². The van der Waals surface area contributed by atoms with Crippen LogP contribution in [0.3, 0.4) is 0 Å². The van der Waals surface area contributed by atoms with Gasteiger partial charge in [-0.15, -0.1) is 0 Å². The molecule has 0 amide bonds. The zero-order chi connectivity index (χ0) is 21.7. The maximum absolute atomic E-state index is 12.5. The second kappa shape index (κ2) is 9.32. The van der Waals surface area contributed by atoms with Crippen molar-refractivity contribution in [3.63, 3.8) is 0 Å². The summed E-state index contributed by atoms with van der Waals surface area (Å²) in [5, 5.41) is 0. The third-order valence-electron chi connectivity index (χ3n) is 5.25. The molecule has 4 rings (SSSR count). The van der Waals surface area contributed by atoms with Crippen LogP contribution in [0.1, 0.15) is 17.5 Å². The highest BCUT2D eigenvalue weighted by Crippen LogP contribution is 2.31. The zero-order valence-corrected chi connectivity index (χ0v) is 18.2. The molecule has 164 valence electrons. The molecule has 0 bridgehead atoms. The van der Waals surface area contributed by atoms with Gasteiger partial charge in [-0.25, -0.2) is 4.98 Å². The van der Waals surface area contributed by atoms with Crippen LogP contribution in [0.4, 0.5) is 0 Å². The van der Waals surface area contributed by atoms with Gasteiger partial charge in [0.15, 0.2) is 5.79 Å². The highest BCUT2D eigenvalue weighted by molar-refractivity contribution is 7.86. The van der Waals surface area contributed by atoms with Gasteiger partial charge in [0.2, 0.25) is 0 Å². The second-order valence-corrected chi connectivity index (χ2v) is 9.35. The standard InChI is InChI=1S/C23H26N2O5S/c1-19-7-9-22(10-8-19)31(26,27)29-16-21-15-28-23(30-21,17-25-14-13-24-18-25)12-11-20-5-3-2-4-6-20/h2-10,13-14,18,21H,11-12,15-17H2,1H3/t21-,23-/m0/s1. The molecule has 1 aliphatic rings. The lowest BCUT2D eigenvalue weighted by Crippen LogP contribution is -2.37. The number of ether oxygens (including phenoxy) is 2. The Kier molecular flexibility index (Phi) is 6.52. The fraction of sp³-hybridized carbons (Fsp3) is 0.348. The minimum absolute atomic E-state index is 0.104. The van der Waals surface area contributed by atoms with Crippen molar-refractivity contribution in [1.82, 2.24) is 9.55 Å². The van der Waals surface area contributed by atoms with Crippen molar-refractivity contribution in [1.29, 1.82) is 0 Å². The lowest BCUT2D eigenvalue weighted by atomic mass is 10.0. The summed E-state index contributed by atoms with van der Waals surface area (Å²) in [5.74, 6) is -0.877. The van der Waals surface area contributed by atoms with Crippen LogP contribution in [0.5, 0.6) is 0 Å². The highest BCUT2D eigenvalue weighted by Gasteiger charge is 2.42. The Morgan fingerprint density at radius 3 is 2.65 bits per heavy atom. The molecule has 2 heterocycles. The van der Waals surface area contributed by atoms with Crippen molar-refractivity contribution in [3.8, 4) is 0 Å². The number of aromatic nitrogens is 2. The summed E-state index contributed by atoms with van der Waals surface area (Å²) < 4.78 is 44.5. The van der Waals surface area contributed by atoms with Gasteiger partial charge in [0.25, 0.3) is 10.1 Å². The van der Waals surface area contributed by atoms with Gasteiger partial charge >= 0.3 is 0 Å². The maximum Gasteiger partial charge on any atom is 0.297 e. The van der Waals surface area contributed by atoms with Crippen LogP contribution < -0.4 is 0 Å². The Balaban J connectivity index is 1.41. The van der Waals surface area contributed by atoms with Crippen LogP contribution in [-0.4, -0.2) is 43.1 Å². The van der Waals surface area contributed by atoms with E-state index in [2.05, 4.69) is 17.1 Å². The fourth-order valence-corrected chi connectivity index (χ4v) is 4.50. The molecule has 0 N–H and O–H groups in total. The number of imidazole rings is 1. The molecule has 8 heteroatoms. The van der Waals surface area contributed by atoms with Gasteiger partial charge in [0.05, 0.1) is 31.0 Å². The van der Waals surface area contributed by atoms with Gasteiger partial charge in [-0.2, -0.15) is 8.42 Å². The molecule has 0 radical (unpaired) electrons. The van der Waals surface area contributed by atoms with Gasteiger partial charge in [0.1, 0.15) is 6.10 Å². The molecule has 1 aromatic heterocycles. The first-order valence-corrected chi connectivity index (χ1v) is 11.6. The molecule has 31 heavy (non-hydrogen) atoms. The van der Waals surface area contributed by atoms with Gasteiger partial charge in [0, 0.05) is 18.8 Å². The minimum atomic E-state index is -3.86. The Morgan fingerprint density at radius 1 is 1.16 bits per heavy atom. The Bertz CT molecular complexity index is 1070.